The van der Waals surface area contributed by atoms with Crippen molar-refractivity contribution >= 4 is 28.6 Å². The molecule has 25 heavy (non-hydrogen) atoms. The van der Waals surface area contributed by atoms with Crippen molar-refractivity contribution in [1.82, 2.24) is 0 Å². The summed E-state index contributed by atoms with van der Waals surface area (Å²) in [5.41, 5.74) is 0.202. The number of esters is 2. The molecule has 0 fully saturated rings. The van der Waals surface area contributed by atoms with E-state index in [2.05, 4.69) is 4.74 Å². The fourth-order valence-electron chi connectivity index (χ4n) is 1.77. The molecule has 0 bridgehead atoms. The summed E-state index contributed by atoms with van der Waals surface area (Å²) in [4.78, 5) is 23.5. The van der Waals surface area contributed by atoms with Gasteiger partial charge in [-0.25, -0.2) is 9.00 Å². The number of benzene rings is 1. The van der Waals surface area contributed by atoms with Gasteiger partial charge in [0.25, 0.3) is 0 Å². The topological polar surface area (TPSA) is 72.9 Å². The first-order valence-electron chi connectivity index (χ1n) is 8.17. The van der Waals surface area contributed by atoms with Gasteiger partial charge < -0.3 is 9.47 Å². The molecule has 1 unspecified atom stereocenters. The first-order chi connectivity index (χ1) is 11.7. The number of anilines is 1. The molecule has 0 aliphatic carbocycles. The van der Waals surface area contributed by atoms with E-state index in [0.717, 1.165) is 0 Å². The fourth-order valence-corrected chi connectivity index (χ4v) is 2.77. The van der Waals surface area contributed by atoms with Crippen LogP contribution in [0.1, 0.15) is 51.4 Å². The summed E-state index contributed by atoms with van der Waals surface area (Å²) in [7, 11) is 1.43. The average molecular weight is 371 g/mol. The van der Waals surface area contributed by atoms with Crippen LogP contribution in [-0.2, 0) is 25.3 Å². The number of rotatable bonds is 6. The highest BCUT2D eigenvalue weighted by molar-refractivity contribution is 7.86. The van der Waals surface area contributed by atoms with Gasteiger partial charge in [-0.2, -0.15) is 0 Å². The molecule has 0 radical (unpaired) electrons. The lowest BCUT2D eigenvalue weighted by molar-refractivity contribution is -0.140. The van der Waals surface area contributed by atoms with Gasteiger partial charge >= 0.3 is 11.9 Å². The predicted molar refractivity (Wildman–Crippen MR) is 101 cm³/mol. The largest absolute Gasteiger partial charge is 0.469 e. The van der Waals surface area contributed by atoms with E-state index < -0.39 is 28.5 Å². The molecule has 0 aliphatic rings. The average Bonchev–Trinajstić information content (AvgIpc) is 2.58. The highest BCUT2D eigenvalue weighted by Crippen LogP contribution is 2.23. The van der Waals surface area contributed by atoms with Gasteiger partial charge in [0.15, 0.2) is 0 Å². The molecule has 1 aromatic rings. The third-order valence-corrected chi connectivity index (χ3v) is 4.24. The van der Waals surface area contributed by atoms with Crippen LogP contribution in [0.2, 0.25) is 0 Å². The summed E-state index contributed by atoms with van der Waals surface area (Å²) >= 11 is 0. The molecule has 0 amide bonds. The van der Waals surface area contributed by atoms with Crippen LogP contribution in [0.4, 0.5) is 5.69 Å². The van der Waals surface area contributed by atoms with Crippen LogP contribution in [0.3, 0.4) is 0 Å². The van der Waals surface area contributed by atoms with Gasteiger partial charge in [0, 0.05) is 7.05 Å². The van der Waals surface area contributed by atoms with Crippen molar-refractivity contribution < 1.29 is 23.3 Å². The molecular weight excluding hydrogens is 342 g/mol. The van der Waals surface area contributed by atoms with Gasteiger partial charge in [0.05, 0.1) is 30.5 Å². The van der Waals surface area contributed by atoms with E-state index in [4.69, 9.17) is 4.74 Å². The molecule has 1 atom stereocenters. The van der Waals surface area contributed by atoms with E-state index in [1.807, 2.05) is 13.8 Å². The van der Waals surface area contributed by atoms with Gasteiger partial charge in [-0.05, 0) is 32.9 Å². The summed E-state index contributed by atoms with van der Waals surface area (Å²) < 4.78 is 23.7. The minimum absolute atomic E-state index is 0.0437. The van der Waals surface area contributed by atoms with E-state index in [1.165, 1.54) is 11.4 Å². The molecule has 0 saturated heterocycles. The number of carbonyl (C=O) groups is 2. The number of nitrogens with zero attached hydrogens (tertiary/aromatic N) is 1. The molecule has 0 spiro atoms. The second kappa shape index (κ2) is 10.9. The zero-order valence-electron chi connectivity index (χ0n) is 16.1. The van der Waals surface area contributed by atoms with Crippen LogP contribution in [0.25, 0.3) is 0 Å². The zero-order chi connectivity index (χ0) is 19.6. The Bertz CT molecular complexity index is 595. The lowest BCUT2D eigenvalue weighted by Gasteiger charge is -2.23. The molecule has 7 heteroatoms. The van der Waals surface area contributed by atoms with Crippen molar-refractivity contribution in [3.63, 3.8) is 0 Å². The predicted octanol–water partition coefficient (Wildman–Crippen LogP) is 3.33. The van der Waals surface area contributed by atoms with Crippen molar-refractivity contribution in [3.05, 3.63) is 29.8 Å². The molecule has 1 aromatic carbocycles. The first-order valence-corrected chi connectivity index (χ1v) is 9.44. The van der Waals surface area contributed by atoms with Gasteiger partial charge in [0.2, 0.25) is 0 Å². The van der Waals surface area contributed by atoms with E-state index >= 15 is 0 Å². The fraction of sp³-hybridized carbons (Fsp3) is 0.556. The highest BCUT2D eigenvalue weighted by Gasteiger charge is 2.23. The van der Waals surface area contributed by atoms with Crippen LogP contribution in [-0.4, -0.2) is 41.7 Å². The highest BCUT2D eigenvalue weighted by atomic mass is 32.2. The van der Waals surface area contributed by atoms with Crippen molar-refractivity contribution in [2.75, 3.05) is 24.2 Å². The van der Waals surface area contributed by atoms with Crippen LogP contribution < -0.4 is 4.31 Å². The normalized spacial score (nSPS) is 11.6. The summed E-state index contributed by atoms with van der Waals surface area (Å²) in [6.45, 7) is 9.35. The molecular formula is C18H29NO5S. The summed E-state index contributed by atoms with van der Waals surface area (Å²) in [6, 6.07) is 6.78. The van der Waals surface area contributed by atoms with Crippen LogP contribution >= 0.6 is 0 Å². The molecule has 0 N–H and O–H groups in total. The van der Waals surface area contributed by atoms with E-state index in [9.17, 15) is 13.8 Å². The Hall–Kier alpha value is -1.89. The Morgan fingerprint density at radius 3 is 2.24 bits per heavy atom. The maximum absolute atomic E-state index is 12.3. The maximum Gasteiger partial charge on any atom is 0.340 e. The lowest BCUT2D eigenvalue weighted by Crippen LogP contribution is -2.28. The lowest BCUT2D eigenvalue weighted by atomic mass is 10.1. The Morgan fingerprint density at radius 2 is 1.72 bits per heavy atom. The van der Waals surface area contributed by atoms with Crippen LogP contribution in [0, 0.1) is 0 Å². The second-order valence-corrected chi connectivity index (χ2v) is 7.47. The number of hydrogen-bond donors (Lipinski definition) is 0. The maximum atomic E-state index is 12.3. The SMILES string of the molecule is CC.COC(=O)CCS(=O)N(C)c1ccccc1C(=O)OC(C)(C)C. The van der Waals surface area contributed by atoms with Gasteiger partial charge in [-0.1, -0.05) is 26.0 Å². The molecule has 0 aromatic heterocycles. The third kappa shape index (κ3) is 8.16. The molecule has 1 rings (SSSR count). The Balaban J connectivity index is 0.00000277. The molecule has 0 saturated carbocycles. The smallest absolute Gasteiger partial charge is 0.340 e. The Morgan fingerprint density at radius 1 is 1.16 bits per heavy atom. The van der Waals surface area contributed by atoms with Gasteiger partial charge in [-0.3, -0.25) is 9.10 Å². The number of carbonyl (C=O) groups excluding carboxylic acids is 2. The minimum Gasteiger partial charge on any atom is -0.469 e. The third-order valence-electron chi connectivity index (χ3n) is 2.88. The quantitative estimate of drug-likeness (QED) is 0.717. The van der Waals surface area contributed by atoms with E-state index in [0.29, 0.717) is 11.3 Å². The molecule has 6 nitrogen and oxygen atoms in total. The monoisotopic (exact) mass is 371 g/mol. The van der Waals surface area contributed by atoms with Crippen LogP contribution in [0.5, 0.6) is 0 Å². The van der Waals surface area contributed by atoms with E-state index in [-0.39, 0.29) is 12.2 Å². The second-order valence-electron chi connectivity index (χ2n) is 5.87. The molecule has 0 aliphatic heterocycles. The van der Waals surface area contributed by atoms with Gasteiger partial charge in [-0.15, -0.1) is 0 Å². The Labute approximate surface area is 153 Å². The summed E-state index contributed by atoms with van der Waals surface area (Å²) in [6.07, 6.45) is 0.0437. The standard InChI is InChI=1S/C16H23NO5S.C2H6/c1-16(2,3)22-15(19)12-8-6-7-9-13(12)17(4)23(20)11-10-14(18)21-5;1-2/h6-9H,10-11H2,1-5H3;1-2H3. The van der Waals surface area contributed by atoms with Crippen molar-refractivity contribution in [3.8, 4) is 0 Å². The number of methoxy groups -OCH3 is 1. The van der Waals surface area contributed by atoms with Crippen LogP contribution in [0.15, 0.2) is 24.3 Å². The zero-order valence-corrected chi connectivity index (χ0v) is 16.9. The molecule has 142 valence electrons. The minimum atomic E-state index is -1.46. The van der Waals surface area contributed by atoms with Crippen molar-refractivity contribution in [1.29, 1.82) is 0 Å². The summed E-state index contributed by atoms with van der Waals surface area (Å²) in [5, 5.41) is 0. The van der Waals surface area contributed by atoms with E-state index in [1.54, 1.807) is 52.1 Å². The molecule has 0 heterocycles. The number of ether oxygens (including phenoxy) is 2. The van der Waals surface area contributed by atoms with Gasteiger partial charge in [0.1, 0.15) is 16.6 Å². The Kier molecular flexibility index (Phi) is 10.0. The van der Waals surface area contributed by atoms with Crippen molar-refractivity contribution in [2.24, 2.45) is 0 Å². The van der Waals surface area contributed by atoms with Crippen molar-refractivity contribution in [2.45, 2.75) is 46.6 Å². The summed E-state index contributed by atoms with van der Waals surface area (Å²) in [5.74, 6) is -0.789. The first kappa shape index (κ1) is 23.1. The number of hydrogen-bond acceptors (Lipinski definition) is 5. The number of para-hydroxylation sites is 1.